The predicted octanol–water partition coefficient (Wildman–Crippen LogP) is 3.84. The number of anilines is 2. The van der Waals surface area contributed by atoms with Crippen LogP contribution in [0, 0.1) is 11.7 Å². The summed E-state index contributed by atoms with van der Waals surface area (Å²) in [5.41, 5.74) is 0.851. The van der Waals surface area contributed by atoms with Gasteiger partial charge in [-0.2, -0.15) is 0 Å². The number of piperidine rings is 1. The molecule has 5 rings (SSSR count). The molecule has 0 aromatic heterocycles. The van der Waals surface area contributed by atoms with E-state index in [0.29, 0.717) is 37.2 Å². The van der Waals surface area contributed by atoms with Crippen LogP contribution < -0.4 is 14.8 Å². The summed E-state index contributed by atoms with van der Waals surface area (Å²) in [5, 5.41) is 7.94. The fraction of sp³-hybridized carbons (Fsp3) is 0.333. The van der Waals surface area contributed by atoms with Crippen molar-refractivity contribution in [1.29, 1.82) is 0 Å². The van der Waals surface area contributed by atoms with Crippen LogP contribution in [0.25, 0.3) is 0 Å². The standard InChI is InChI=1S/C30H33FN4O6S2/c1-19(2)28-30(13-15-34(16-14-30)20(3)36)26-17-21(29(37)33-23-5-4-6-25(18-23)42(32,38)39)7-12-27(26)35(28)43(40,41)24-10-8-22(31)9-11-24/h4-12,17-19,28H,13-16H2,1-3H3,(H,33,37)(H2,32,38,39). The van der Waals surface area contributed by atoms with Crippen molar-refractivity contribution in [2.45, 2.75) is 54.9 Å². The average Bonchev–Trinajstić information content (AvgIpc) is 3.23. The second-order valence-electron chi connectivity index (χ2n) is 11.4. The number of hydrogen-bond acceptors (Lipinski definition) is 6. The number of nitrogens with one attached hydrogen (secondary N) is 1. The van der Waals surface area contributed by atoms with Crippen LogP contribution in [0.3, 0.4) is 0 Å². The Morgan fingerprint density at radius 3 is 2.19 bits per heavy atom. The Labute approximate surface area is 250 Å². The number of carbonyl (C=O) groups is 2. The fourth-order valence-electron chi connectivity index (χ4n) is 6.45. The summed E-state index contributed by atoms with van der Waals surface area (Å²) in [7, 11) is -8.14. The van der Waals surface area contributed by atoms with Crippen LogP contribution in [0.5, 0.6) is 0 Å². The van der Waals surface area contributed by atoms with E-state index in [4.69, 9.17) is 5.14 Å². The number of sulfonamides is 2. The Morgan fingerprint density at radius 1 is 0.953 bits per heavy atom. The molecule has 0 aliphatic carbocycles. The van der Waals surface area contributed by atoms with Crippen molar-refractivity contribution >= 4 is 43.2 Å². The van der Waals surface area contributed by atoms with Crippen LogP contribution in [0.15, 0.2) is 76.5 Å². The molecule has 3 aromatic carbocycles. The number of hydrogen-bond donors (Lipinski definition) is 2. The second-order valence-corrected chi connectivity index (χ2v) is 14.7. The maximum absolute atomic E-state index is 14.2. The maximum atomic E-state index is 14.2. The molecule has 0 radical (unpaired) electrons. The molecular formula is C30H33FN4O6S2. The first-order valence-electron chi connectivity index (χ1n) is 13.8. The maximum Gasteiger partial charge on any atom is 0.264 e. The van der Waals surface area contributed by atoms with E-state index in [2.05, 4.69) is 5.32 Å². The number of primary sulfonamides is 1. The lowest BCUT2D eigenvalue weighted by Gasteiger charge is -2.46. The number of halogens is 1. The van der Waals surface area contributed by atoms with Crippen molar-refractivity contribution in [2.75, 3.05) is 22.7 Å². The van der Waals surface area contributed by atoms with E-state index in [1.54, 1.807) is 17.0 Å². The highest BCUT2D eigenvalue weighted by Gasteiger charge is 2.56. The Hall–Kier alpha value is -3.81. The minimum absolute atomic E-state index is 0.0553. The van der Waals surface area contributed by atoms with E-state index in [0.717, 1.165) is 12.1 Å². The van der Waals surface area contributed by atoms with E-state index < -0.39 is 43.2 Å². The molecule has 228 valence electrons. The zero-order valence-electron chi connectivity index (χ0n) is 23.9. The number of nitrogens with zero attached hydrogens (tertiary/aromatic N) is 2. The third kappa shape index (κ3) is 5.52. The molecule has 43 heavy (non-hydrogen) atoms. The van der Waals surface area contributed by atoms with Gasteiger partial charge in [0.05, 0.1) is 21.5 Å². The number of nitrogens with two attached hydrogens (primary N) is 1. The number of amides is 2. The summed E-state index contributed by atoms with van der Waals surface area (Å²) in [6.45, 7) is 6.21. The molecule has 2 aliphatic rings. The molecule has 1 atom stereocenters. The first kappa shape index (κ1) is 30.6. The quantitative estimate of drug-likeness (QED) is 0.424. The van der Waals surface area contributed by atoms with Crippen molar-refractivity contribution < 1.29 is 30.8 Å². The van der Waals surface area contributed by atoms with E-state index in [1.165, 1.54) is 53.7 Å². The summed E-state index contributed by atoms with van der Waals surface area (Å²) in [6, 6.07) is 14.5. The van der Waals surface area contributed by atoms with Crippen LogP contribution in [0.1, 0.15) is 49.5 Å². The third-order valence-corrected chi connectivity index (χ3v) is 11.1. The minimum Gasteiger partial charge on any atom is -0.343 e. The summed E-state index contributed by atoms with van der Waals surface area (Å²) >= 11 is 0. The van der Waals surface area contributed by atoms with Crippen LogP contribution in [0.2, 0.25) is 0 Å². The summed E-state index contributed by atoms with van der Waals surface area (Å²) in [5.74, 6) is -1.31. The molecule has 10 nitrogen and oxygen atoms in total. The lowest BCUT2D eigenvalue weighted by Crippen LogP contribution is -2.55. The number of likely N-dealkylation sites (tertiary alicyclic amines) is 1. The van der Waals surface area contributed by atoms with Gasteiger partial charge in [-0.1, -0.05) is 19.9 Å². The number of fused-ring (bicyclic) bond motifs is 2. The van der Waals surface area contributed by atoms with E-state index in [9.17, 15) is 30.8 Å². The molecule has 2 aliphatic heterocycles. The van der Waals surface area contributed by atoms with Gasteiger partial charge < -0.3 is 10.2 Å². The van der Waals surface area contributed by atoms with Gasteiger partial charge in [0.2, 0.25) is 15.9 Å². The molecule has 2 amide bonds. The van der Waals surface area contributed by atoms with Crippen LogP contribution in [0.4, 0.5) is 15.8 Å². The molecule has 3 N–H and O–H groups in total. The lowest BCUT2D eigenvalue weighted by atomic mass is 9.66. The Kier molecular flexibility index (Phi) is 7.86. The van der Waals surface area contributed by atoms with Gasteiger partial charge in [0.15, 0.2) is 0 Å². The van der Waals surface area contributed by atoms with Crippen molar-refractivity contribution in [2.24, 2.45) is 11.1 Å². The van der Waals surface area contributed by atoms with Crippen LogP contribution in [-0.4, -0.2) is 52.7 Å². The monoisotopic (exact) mass is 628 g/mol. The van der Waals surface area contributed by atoms with E-state index in [-0.39, 0.29) is 32.9 Å². The molecule has 1 saturated heterocycles. The lowest BCUT2D eigenvalue weighted by molar-refractivity contribution is -0.130. The Balaban J connectivity index is 1.62. The van der Waals surface area contributed by atoms with Gasteiger partial charge in [0, 0.05) is 36.7 Å². The molecule has 13 heteroatoms. The van der Waals surface area contributed by atoms with Gasteiger partial charge in [-0.15, -0.1) is 0 Å². The largest absolute Gasteiger partial charge is 0.343 e. The highest BCUT2D eigenvalue weighted by atomic mass is 32.2. The Morgan fingerprint density at radius 2 is 1.60 bits per heavy atom. The first-order valence-corrected chi connectivity index (χ1v) is 16.8. The first-order chi connectivity index (χ1) is 20.1. The second kappa shape index (κ2) is 11.0. The molecule has 2 heterocycles. The number of rotatable bonds is 6. The minimum atomic E-state index is -4.15. The van der Waals surface area contributed by atoms with Gasteiger partial charge in [0.1, 0.15) is 5.82 Å². The molecular weight excluding hydrogens is 595 g/mol. The van der Waals surface area contributed by atoms with E-state index >= 15 is 0 Å². The molecule has 1 unspecified atom stereocenters. The fourth-order valence-corrected chi connectivity index (χ4v) is 8.88. The number of benzene rings is 3. The highest BCUT2D eigenvalue weighted by Crippen LogP contribution is 2.55. The average molecular weight is 629 g/mol. The van der Waals surface area contributed by atoms with Crippen molar-refractivity contribution in [3.8, 4) is 0 Å². The molecule has 0 bridgehead atoms. The molecule has 1 fully saturated rings. The van der Waals surface area contributed by atoms with Crippen LogP contribution in [-0.2, 0) is 30.3 Å². The zero-order valence-corrected chi connectivity index (χ0v) is 25.6. The number of carbonyl (C=O) groups excluding carboxylic acids is 2. The SMILES string of the molecule is CC(=O)N1CCC2(CC1)c1cc(C(=O)Nc3cccc(S(N)(=O)=O)c3)ccc1N(S(=O)(=O)c1ccc(F)cc1)C2C(C)C. The third-order valence-electron chi connectivity index (χ3n) is 8.37. The summed E-state index contributed by atoms with van der Waals surface area (Å²) < 4.78 is 67.1. The van der Waals surface area contributed by atoms with Crippen LogP contribution >= 0.6 is 0 Å². The highest BCUT2D eigenvalue weighted by molar-refractivity contribution is 7.93. The van der Waals surface area contributed by atoms with Crippen molar-refractivity contribution in [3.05, 3.63) is 83.7 Å². The predicted molar refractivity (Wildman–Crippen MR) is 160 cm³/mol. The molecule has 1 spiro atoms. The van der Waals surface area contributed by atoms with Gasteiger partial charge in [-0.05, 0) is 85.0 Å². The zero-order chi connectivity index (χ0) is 31.3. The van der Waals surface area contributed by atoms with Crippen molar-refractivity contribution in [1.82, 2.24) is 4.90 Å². The van der Waals surface area contributed by atoms with Gasteiger partial charge in [0.25, 0.3) is 15.9 Å². The van der Waals surface area contributed by atoms with Gasteiger partial charge in [-0.3, -0.25) is 13.9 Å². The normalized spacial score (nSPS) is 18.1. The molecule has 0 saturated carbocycles. The van der Waals surface area contributed by atoms with Gasteiger partial charge >= 0.3 is 0 Å². The smallest absolute Gasteiger partial charge is 0.264 e. The summed E-state index contributed by atoms with van der Waals surface area (Å²) in [6.07, 6.45) is 0.943. The summed E-state index contributed by atoms with van der Waals surface area (Å²) in [4.78, 5) is 27.1. The topological polar surface area (TPSA) is 147 Å². The van der Waals surface area contributed by atoms with Gasteiger partial charge in [-0.25, -0.2) is 26.4 Å². The Bertz CT molecular complexity index is 1800. The van der Waals surface area contributed by atoms with E-state index in [1.807, 2.05) is 13.8 Å². The van der Waals surface area contributed by atoms with Crippen molar-refractivity contribution in [3.63, 3.8) is 0 Å². The molecule has 3 aromatic rings.